The quantitative estimate of drug-likeness (QED) is 0.894. The third-order valence-electron chi connectivity index (χ3n) is 2.46. The van der Waals surface area contributed by atoms with Crippen molar-refractivity contribution in [3.05, 3.63) is 28.5 Å². The zero-order chi connectivity index (χ0) is 10.8. The summed E-state index contributed by atoms with van der Waals surface area (Å²) in [6.07, 6.45) is 3.50. The molecule has 0 spiro atoms. The number of nitrogens with zero attached hydrogens (tertiary/aromatic N) is 1. The molecule has 0 radical (unpaired) electrons. The Morgan fingerprint density at radius 3 is 3.07 bits per heavy atom. The van der Waals surface area contributed by atoms with Gasteiger partial charge in [-0.2, -0.15) is 0 Å². The van der Waals surface area contributed by atoms with Crippen molar-refractivity contribution in [3.63, 3.8) is 0 Å². The minimum absolute atomic E-state index is 0.368. The van der Waals surface area contributed by atoms with Crippen molar-refractivity contribution in [3.8, 4) is 0 Å². The van der Waals surface area contributed by atoms with E-state index < -0.39 is 11.9 Å². The molecule has 1 aliphatic heterocycles. The van der Waals surface area contributed by atoms with Crippen LogP contribution in [-0.2, 0) is 9.53 Å². The van der Waals surface area contributed by atoms with Gasteiger partial charge < -0.3 is 9.84 Å². The summed E-state index contributed by atoms with van der Waals surface area (Å²) in [5.41, 5.74) is 0.814. The zero-order valence-electron chi connectivity index (χ0n) is 7.89. The fourth-order valence-electron chi connectivity index (χ4n) is 1.75. The molecule has 2 atom stereocenters. The first-order valence-electron chi connectivity index (χ1n) is 4.63. The molecule has 0 amide bonds. The second kappa shape index (κ2) is 4.28. The Hall–Kier alpha value is -0.940. The maximum Gasteiger partial charge on any atom is 0.309 e. The summed E-state index contributed by atoms with van der Waals surface area (Å²) in [5, 5.41) is 9.00. The number of aliphatic carboxylic acids is 1. The molecule has 0 bridgehead atoms. The largest absolute Gasteiger partial charge is 0.481 e. The zero-order valence-corrected chi connectivity index (χ0v) is 9.48. The van der Waals surface area contributed by atoms with Gasteiger partial charge in [0.15, 0.2) is 0 Å². The highest BCUT2D eigenvalue weighted by Crippen LogP contribution is 2.34. The van der Waals surface area contributed by atoms with Gasteiger partial charge in [-0.3, -0.25) is 9.78 Å². The van der Waals surface area contributed by atoms with Gasteiger partial charge in [0, 0.05) is 29.0 Å². The normalized spacial score (nSPS) is 25.4. The van der Waals surface area contributed by atoms with Crippen LogP contribution in [0.15, 0.2) is 22.9 Å². The van der Waals surface area contributed by atoms with E-state index in [0.29, 0.717) is 13.0 Å². The van der Waals surface area contributed by atoms with Crippen LogP contribution in [0.1, 0.15) is 18.1 Å². The molecular formula is C10H10BrNO3. The Morgan fingerprint density at radius 2 is 2.40 bits per heavy atom. The minimum Gasteiger partial charge on any atom is -0.481 e. The van der Waals surface area contributed by atoms with Gasteiger partial charge in [-0.05, 0) is 28.4 Å². The number of carbonyl (C=O) groups is 1. The number of carboxylic acids is 1. The van der Waals surface area contributed by atoms with Crippen molar-refractivity contribution in [2.45, 2.75) is 12.5 Å². The van der Waals surface area contributed by atoms with Gasteiger partial charge in [0.05, 0.1) is 12.0 Å². The van der Waals surface area contributed by atoms with E-state index in [0.717, 1.165) is 10.0 Å². The van der Waals surface area contributed by atoms with Crippen molar-refractivity contribution in [2.24, 2.45) is 5.92 Å². The molecule has 1 aromatic rings. The summed E-state index contributed by atoms with van der Waals surface area (Å²) in [6, 6.07) is 1.85. The highest BCUT2D eigenvalue weighted by Gasteiger charge is 2.35. The van der Waals surface area contributed by atoms with Crippen molar-refractivity contribution in [1.82, 2.24) is 4.98 Å². The predicted octanol–water partition coefficient (Wildman–Crippen LogP) is 2.01. The fourth-order valence-corrected chi connectivity index (χ4v) is 2.14. The minimum atomic E-state index is -0.808. The highest BCUT2D eigenvalue weighted by molar-refractivity contribution is 9.10. The molecule has 1 saturated heterocycles. The number of pyridine rings is 1. The van der Waals surface area contributed by atoms with Crippen LogP contribution in [0.4, 0.5) is 0 Å². The van der Waals surface area contributed by atoms with Crippen molar-refractivity contribution >= 4 is 21.9 Å². The van der Waals surface area contributed by atoms with Gasteiger partial charge in [0.2, 0.25) is 0 Å². The van der Waals surface area contributed by atoms with E-state index >= 15 is 0 Å². The second-order valence-corrected chi connectivity index (χ2v) is 4.38. The average Bonchev–Trinajstić information content (AvgIpc) is 2.65. The summed E-state index contributed by atoms with van der Waals surface area (Å²) in [7, 11) is 0. The van der Waals surface area contributed by atoms with Crippen LogP contribution in [0.3, 0.4) is 0 Å². The van der Waals surface area contributed by atoms with Crippen LogP contribution < -0.4 is 0 Å². The molecule has 0 saturated carbocycles. The van der Waals surface area contributed by atoms with Crippen LogP contribution in [0.5, 0.6) is 0 Å². The Morgan fingerprint density at radius 1 is 1.60 bits per heavy atom. The van der Waals surface area contributed by atoms with E-state index in [4.69, 9.17) is 9.84 Å². The third-order valence-corrected chi connectivity index (χ3v) is 2.90. The lowest BCUT2D eigenvalue weighted by atomic mass is 9.97. The number of hydrogen-bond donors (Lipinski definition) is 1. The monoisotopic (exact) mass is 271 g/mol. The van der Waals surface area contributed by atoms with E-state index in [1.54, 1.807) is 12.4 Å². The molecule has 5 heteroatoms. The second-order valence-electron chi connectivity index (χ2n) is 3.46. The number of hydrogen-bond acceptors (Lipinski definition) is 3. The third kappa shape index (κ3) is 2.18. The highest BCUT2D eigenvalue weighted by atomic mass is 79.9. The SMILES string of the molecule is O=C(O)[C@@H]1CCO[C@@H]1c1cncc(Br)c1. The lowest BCUT2D eigenvalue weighted by Crippen LogP contribution is -2.17. The molecule has 1 aliphatic rings. The lowest BCUT2D eigenvalue weighted by Gasteiger charge is -2.14. The van der Waals surface area contributed by atoms with Gasteiger partial charge in [0.1, 0.15) is 0 Å². The summed E-state index contributed by atoms with van der Waals surface area (Å²) in [5.74, 6) is -1.27. The van der Waals surface area contributed by atoms with Crippen LogP contribution in [0, 0.1) is 5.92 Å². The van der Waals surface area contributed by atoms with Crippen molar-refractivity contribution < 1.29 is 14.6 Å². The summed E-state index contributed by atoms with van der Waals surface area (Å²) in [6.45, 7) is 0.494. The number of halogens is 1. The molecule has 1 N–H and O–H groups in total. The first-order valence-corrected chi connectivity index (χ1v) is 5.42. The van der Waals surface area contributed by atoms with Gasteiger partial charge in [-0.1, -0.05) is 0 Å². The Kier molecular flexibility index (Phi) is 3.02. The van der Waals surface area contributed by atoms with Crippen LogP contribution in [-0.4, -0.2) is 22.7 Å². The maximum atomic E-state index is 11.0. The van der Waals surface area contributed by atoms with Crippen LogP contribution >= 0.6 is 15.9 Å². The van der Waals surface area contributed by atoms with Crippen molar-refractivity contribution in [1.29, 1.82) is 0 Å². The Labute approximate surface area is 95.4 Å². The Bertz CT molecular complexity index is 383. The Balaban J connectivity index is 2.26. The van der Waals surface area contributed by atoms with E-state index in [-0.39, 0.29) is 6.10 Å². The van der Waals surface area contributed by atoms with Crippen LogP contribution in [0.25, 0.3) is 0 Å². The molecule has 0 unspecified atom stereocenters. The molecule has 1 fully saturated rings. The number of carboxylic acid groups (broad SMARTS) is 1. The summed E-state index contributed by atoms with van der Waals surface area (Å²) >= 11 is 3.30. The number of ether oxygens (including phenoxy) is 1. The van der Waals surface area contributed by atoms with E-state index in [1.165, 1.54) is 0 Å². The number of rotatable bonds is 2. The molecule has 2 rings (SSSR count). The molecule has 2 heterocycles. The number of aromatic nitrogens is 1. The standard InChI is InChI=1S/C10H10BrNO3/c11-7-3-6(4-12-5-7)9-8(10(13)14)1-2-15-9/h3-5,8-9H,1-2H2,(H,13,14)/t8-,9-/m1/s1. The van der Waals surface area contributed by atoms with E-state index in [2.05, 4.69) is 20.9 Å². The van der Waals surface area contributed by atoms with Gasteiger partial charge in [0.25, 0.3) is 0 Å². The molecular weight excluding hydrogens is 262 g/mol. The topological polar surface area (TPSA) is 59.4 Å². The smallest absolute Gasteiger partial charge is 0.309 e. The van der Waals surface area contributed by atoms with E-state index in [9.17, 15) is 4.79 Å². The summed E-state index contributed by atoms with van der Waals surface area (Å²) in [4.78, 5) is 15.0. The molecule has 15 heavy (non-hydrogen) atoms. The molecule has 80 valence electrons. The van der Waals surface area contributed by atoms with Gasteiger partial charge in [-0.25, -0.2) is 0 Å². The maximum absolute atomic E-state index is 11.0. The van der Waals surface area contributed by atoms with Crippen LogP contribution in [0.2, 0.25) is 0 Å². The molecule has 4 nitrogen and oxygen atoms in total. The summed E-state index contributed by atoms with van der Waals surface area (Å²) < 4.78 is 6.26. The average molecular weight is 272 g/mol. The molecule has 1 aromatic heterocycles. The fraction of sp³-hybridized carbons (Fsp3) is 0.400. The first kappa shape index (κ1) is 10.6. The molecule has 0 aliphatic carbocycles. The predicted molar refractivity (Wildman–Crippen MR) is 56.4 cm³/mol. The lowest BCUT2D eigenvalue weighted by molar-refractivity contribution is -0.143. The first-order chi connectivity index (χ1) is 7.18. The van der Waals surface area contributed by atoms with Gasteiger partial charge >= 0.3 is 5.97 Å². The molecule has 0 aromatic carbocycles. The van der Waals surface area contributed by atoms with Gasteiger partial charge in [-0.15, -0.1) is 0 Å². The van der Waals surface area contributed by atoms with Crippen molar-refractivity contribution in [2.75, 3.05) is 6.61 Å². The van der Waals surface area contributed by atoms with E-state index in [1.807, 2.05) is 6.07 Å².